The minimum Gasteiger partial charge on any atom is -0.479 e. The Morgan fingerprint density at radius 3 is 2.39 bits per heavy atom. The van der Waals surface area contributed by atoms with Crippen LogP contribution in [-0.2, 0) is 16.0 Å². The van der Waals surface area contributed by atoms with Crippen molar-refractivity contribution in [3.8, 4) is 0 Å². The molecule has 0 aliphatic carbocycles. The monoisotopic (exact) mass is 570 g/mol. The van der Waals surface area contributed by atoms with E-state index >= 15 is 0 Å². The van der Waals surface area contributed by atoms with E-state index in [1.807, 2.05) is 26.0 Å². The SMILES string of the molecule is Cc1nc2c(C)cccn2c(=O)c1CCN1CCC(c2noc3cc(F)ccc23)CC1.O=C(O)C(O)C(O)C(=O)O. The molecule has 0 saturated carbocycles. The molecular formula is C28H31FN4O8. The molecule has 1 fully saturated rings. The first-order valence-corrected chi connectivity index (χ1v) is 13.0. The second-order valence-electron chi connectivity index (χ2n) is 10.0. The second kappa shape index (κ2) is 12.5. The number of likely N-dealkylation sites (tertiary alicyclic amines) is 1. The van der Waals surface area contributed by atoms with Crippen molar-refractivity contribution in [2.24, 2.45) is 0 Å². The Kier molecular flexibility index (Phi) is 9.11. The first kappa shape index (κ1) is 29.8. The van der Waals surface area contributed by atoms with Crippen LogP contribution in [0.25, 0.3) is 16.6 Å². The number of carbonyl (C=O) groups is 2. The van der Waals surface area contributed by atoms with Crippen molar-refractivity contribution in [1.29, 1.82) is 0 Å². The fourth-order valence-corrected chi connectivity index (χ4v) is 4.92. The zero-order chi connectivity index (χ0) is 29.8. The number of pyridine rings is 1. The first-order chi connectivity index (χ1) is 19.5. The summed E-state index contributed by atoms with van der Waals surface area (Å²) < 4.78 is 20.4. The largest absolute Gasteiger partial charge is 0.479 e. The number of hydrogen-bond acceptors (Lipinski definition) is 9. The van der Waals surface area contributed by atoms with E-state index in [0.29, 0.717) is 17.9 Å². The third-order valence-electron chi connectivity index (χ3n) is 7.27. The van der Waals surface area contributed by atoms with Gasteiger partial charge in [0.1, 0.15) is 11.5 Å². The molecule has 2 unspecified atom stereocenters. The van der Waals surface area contributed by atoms with Crippen LogP contribution in [0, 0.1) is 19.7 Å². The van der Waals surface area contributed by atoms with Crippen molar-refractivity contribution in [2.75, 3.05) is 19.6 Å². The number of nitrogens with zero attached hydrogens (tertiary/aromatic N) is 4. The summed E-state index contributed by atoms with van der Waals surface area (Å²) in [5.41, 5.74) is 4.80. The lowest BCUT2D eigenvalue weighted by Gasteiger charge is -2.31. The molecule has 4 aromatic rings. The van der Waals surface area contributed by atoms with Crippen molar-refractivity contribution < 1.29 is 38.9 Å². The van der Waals surface area contributed by atoms with Gasteiger partial charge >= 0.3 is 11.9 Å². The van der Waals surface area contributed by atoms with Crippen LogP contribution in [0.15, 0.2) is 45.8 Å². The predicted octanol–water partition coefficient (Wildman–Crippen LogP) is 1.89. The Bertz CT molecular complexity index is 1610. The van der Waals surface area contributed by atoms with Crippen LogP contribution in [0.5, 0.6) is 0 Å². The third-order valence-corrected chi connectivity index (χ3v) is 7.27. The molecule has 1 aliphatic rings. The highest BCUT2D eigenvalue weighted by atomic mass is 19.1. The van der Waals surface area contributed by atoms with Gasteiger partial charge in [-0.3, -0.25) is 9.20 Å². The van der Waals surface area contributed by atoms with Crippen molar-refractivity contribution in [1.82, 2.24) is 19.4 Å². The molecule has 218 valence electrons. The van der Waals surface area contributed by atoms with Gasteiger partial charge in [-0.2, -0.15) is 0 Å². The lowest BCUT2D eigenvalue weighted by atomic mass is 9.91. The van der Waals surface area contributed by atoms with Crippen molar-refractivity contribution in [2.45, 2.75) is 51.2 Å². The van der Waals surface area contributed by atoms with Gasteiger partial charge in [0.25, 0.3) is 5.56 Å². The summed E-state index contributed by atoms with van der Waals surface area (Å²) in [6.45, 7) is 6.59. The van der Waals surface area contributed by atoms with Crippen molar-refractivity contribution in [3.63, 3.8) is 0 Å². The van der Waals surface area contributed by atoms with Gasteiger partial charge in [0, 0.05) is 41.4 Å². The zero-order valence-electron chi connectivity index (χ0n) is 22.5. The zero-order valence-corrected chi connectivity index (χ0v) is 22.5. The van der Waals surface area contributed by atoms with Gasteiger partial charge in [-0.05, 0) is 70.0 Å². The Hall–Kier alpha value is -4.20. The molecule has 13 heteroatoms. The molecule has 1 saturated heterocycles. The molecule has 5 rings (SSSR count). The number of fused-ring (bicyclic) bond motifs is 2. The van der Waals surface area contributed by atoms with E-state index in [2.05, 4.69) is 15.0 Å². The quantitative estimate of drug-likeness (QED) is 0.255. The number of carboxylic acid groups (broad SMARTS) is 2. The van der Waals surface area contributed by atoms with Crippen LogP contribution in [0.4, 0.5) is 4.39 Å². The molecule has 0 spiro atoms. The molecule has 4 heterocycles. The molecule has 1 aliphatic heterocycles. The van der Waals surface area contributed by atoms with Gasteiger partial charge < -0.3 is 29.8 Å². The fourth-order valence-electron chi connectivity index (χ4n) is 4.92. The van der Waals surface area contributed by atoms with E-state index in [1.165, 1.54) is 12.1 Å². The summed E-state index contributed by atoms with van der Waals surface area (Å²) in [5.74, 6) is -3.54. The number of aryl methyl sites for hydroxylation is 2. The van der Waals surface area contributed by atoms with Crippen LogP contribution in [0.3, 0.4) is 0 Å². The van der Waals surface area contributed by atoms with Crippen LogP contribution >= 0.6 is 0 Å². The predicted molar refractivity (Wildman–Crippen MR) is 144 cm³/mol. The van der Waals surface area contributed by atoms with Gasteiger partial charge in [0.2, 0.25) is 0 Å². The van der Waals surface area contributed by atoms with Crippen molar-refractivity contribution >= 4 is 28.6 Å². The van der Waals surface area contributed by atoms with Crippen molar-refractivity contribution in [3.05, 3.63) is 75.2 Å². The van der Waals surface area contributed by atoms with Crippen LogP contribution in [-0.4, -0.2) is 83.6 Å². The molecule has 1 aromatic carbocycles. The number of hydrogen-bond donors (Lipinski definition) is 4. The van der Waals surface area contributed by atoms with Gasteiger partial charge in [-0.25, -0.2) is 19.0 Å². The normalized spacial score (nSPS) is 15.8. The number of aliphatic hydroxyl groups is 2. The van der Waals surface area contributed by atoms with E-state index in [-0.39, 0.29) is 11.4 Å². The van der Waals surface area contributed by atoms with E-state index in [1.54, 1.807) is 16.7 Å². The topological polar surface area (TPSA) is 179 Å². The van der Waals surface area contributed by atoms with E-state index in [0.717, 1.165) is 66.0 Å². The number of halogens is 1. The highest BCUT2D eigenvalue weighted by molar-refractivity contribution is 5.83. The minimum atomic E-state index is -2.27. The number of rotatable bonds is 7. The summed E-state index contributed by atoms with van der Waals surface area (Å²) in [5, 5.41) is 37.7. The Morgan fingerprint density at radius 1 is 1.10 bits per heavy atom. The lowest BCUT2D eigenvalue weighted by Crippen LogP contribution is -2.39. The fraction of sp³-hybridized carbons (Fsp3) is 0.393. The number of carboxylic acids is 2. The van der Waals surface area contributed by atoms with Gasteiger partial charge in [0.05, 0.1) is 5.69 Å². The summed E-state index contributed by atoms with van der Waals surface area (Å²) >= 11 is 0. The molecule has 4 N–H and O–H groups in total. The average molecular weight is 571 g/mol. The molecule has 12 nitrogen and oxygen atoms in total. The molecule has 0 radical (unpaired) electrons. The minimum absolute atomic E-state index is 0.0300. The Balaban J connectivity index is 0.000000334. The van der Waals surface area contributed by atoms with Gasteiger partial charge in [-0.1, -0.05) is 11.2 Å². The first-order valence-electron chi connectivity index (χ1n) is 13.0. The maximum Gasteiger partial charge on any atom is 0.335 e. The smallest absolute Gasteiger partial charge is 0.335 e. The highest BCUT2D eigenvalue weighted by Crippen LogP contribution is 2.32. The average Bonchev–Trinajstić information content (AvgIpc) is 3.36. The molecule has 0 bridgehead atoms. The number of aliphatic carboxylic acids is 2. The van der Waals surface area contributed by atoms with Crippen LogP contribution < -0.4 is 5.56 Å². The number of aliphatic hydroxyl groups excluding tert-OH is 2. The number of benzene rings is 1. The maximum atomic E-state index is 13.4. The Labute approximate surface area is 233 Å². The molecule has 2 atom stereocenters. The van der Waals surface area contributed by atoms with E-state index in [4.69, 9.17) is 24.9 Å². The molecule has 3 aromatic heterocycles. The van der Waals surface area contributed by atoms with E-state index < -0.39 is 24.1 Å². The summed E-state index contributed by atoms with van der Waals surface area (Å²) in [6.07, 6.45) is -0.126. The summed E-state index contributed by atoms with van der Waals surface area (Å²) in [4.78, 5) is 39.6. The van der Waals surface area contributed by atoms with Gasteiger partial charge in [-0.15, -0.1) is 0 Å². The Morgan fingerprint density at radius 2 is 1.76 bits per heavy atom. The van der Waals surface area contributed by atoms with Crippen LogP contribution in [0.1, 0.15) is 41.3 Å². The lowest BCUT2D eigenvalue weighted by molar-refractivity contribution is -0.165. The van der Waals surface area contributed by atoms with Crippen LogP contribution in [0.2, 0.25) is 0 Å². The summed E-state index contributed by atoms with van der Waals surface area (Å²) in [6, 6.07) is 8.46. The van der Waals surface area contributed by atoms with E-state index in [9.17, 15) is 18.8 Å². The molecule has 0 amide bonds. The maximum absolute atomic E-state index is 13.4. The highest BCUT2D eigenvalue weighted by Gasteiger charge is 2.29. The molecular weight excluding hydrogens is 539 g/mol. The standard InChI is InChI=1S/C24H25FN4O2.C4H6O6/c1-15-4-3-10-29-23(15)26-16(2)19(24(29)30)9-13-28-11-7-17(8-12-28)22-20-6-5-18(25)14-21(20)31-27-22;5-1(3(7)8)2(6)4(9)10/h3-6,10,14,17H,7-9,11-13H2,1-2H3;1-2,5-6H,(H,7,8)(H,9,10). The third kappa shape index (κ3) is 6.59. The number of piperidine rings is 1. The van der Waals surface area contributed by atoms with Gasteiger partial charge in [0.15, 0.2) is 17.8 Å². The molecule has 41 heavy (non-hydrogen) atoms. The number of aromatic nitrogens is 3. The summed E-state index contributed by atoms with van der Waals surface area (Å²) in [7, 11) is 0. The second-order valence-corrected chi connectivity index (χ2v) is 10.0.